The summed E-state index contributed by atoms with van der Waals surface area (Å²) in [6, 6.07) is 13.1. The molecule has 0 aliphatic rings. The number of hydrogen-bond acceptors (Lipinski definition) is 3. The monoisotopic (exact) mass is 354 g/mol. The second-order valence-electron chi connectivity index (χ2n) is 6.13. The number of aromatic nitrogens is 3. The average molecular weight is 354 g/mol. The zero-order valence-corrected chi connectivity index (χ0v) is 14.5. The third-order valence-electron chi connectivity index (χ3n) is 4.07. The van der Waals surface area contributed by atoms with E-state index in [-0.39, 0.29) is 18.5 Å². The number of nitrogens with zero attached hydrogens (tertiary/aromatic N) is 3. The maximum absolute atomic E-state index is 13.0. The Morgan fingerprint density at radius 2 is 1.81 bits per heavy atom. The quantitative estimate of drug-likeness (QED) is 0.765. The van der Waals surface area contributed by atoms with Crippen molar-refractivity contribution in [2.75, 3.05) is 0 Å². The van der Waals surface area contributed by atoms with Crippen molar-refractivity contribution in [1.29, 1.82) is 0 Å². The summed E-state index contributed by atoms with van der Waals surface area (Å²) in [6.07, 6.45) is 1.29. The van der Waals surface area contributed by atoms with E-state index in [9.17, 15) is 14.0 Å². The molecule has 0 unspecified atom stereocenters. The smallest absolute Gasteiger partial charge is 0.348 e. The van der Waals surface area contributed by atoms with Crippen LogP contribution in [0, 0.1) is 12.7 Å². The molecule has 0 aliphatic heterocycles. The molecule has 0 saturated carbocycles. The summed E-state index contributed by atoms with van der Waals surface area (Å²) < 4.78 is 15.3. The van der Waals surface area contributed by atoms with Crippen molar-refractivity contribution in [3.05, 3.63) is 82.3 Å². The maximum Gasteiger partial charge on any atom is 0.350 e. The zero-order chi connectivity index (χ0) is 18.7. The van der Waals surface area contributed by atoms with Gasteiger partial charge in [0.1, 0.15) is 18.7 Å². The number of hydrogen-bond donors (Lipinski definition) is 1. The minimum atomic E-state index is -0.463. The van der Waals surface area contributed by atoms with Crippen molar-refractivity contribution in [3.63, 3.8) is 0 Å². The first-order valence-electron chi connectivity index (χ1n) is 8.20. The van der Waals surface area contributed by atoms with Crippen LogP contribution in [0.5, 0.6) is 0 Å². The molecule has 0 bridgehead atoms. The Morgan fingerprint density at radius 1 is 1.15 bits per heavy atom. The van der Waals surface area contributed by atoms with Crippen molar-refractivity contribution in [2.45, 2.75) is 26.4 Å². The van der Waals surface area contributed by atoms with E-state index in [1.54, 1.807) is 0 Å². The zero-order valence-electron chi connectivity index (χ0n) is 14.5. The molecule has 3 aromatic rings. The van der Waals surface area contributed by atoms with Crippen LogP contribution in [0.3, 0.4) is 0 Å². The summed E-state index contributed by atoms with van der Waals surface area (Å²) in [4.78, 5) is 24.6. The van der Waals surface area contributed by atoms with Gasteiger partial charge in [0.15, 0.2) is 0 Å². The van der Waals surface area contributed by atoms with Gasteiger partial charge >= 0.3 is 5.69 Å². The fourth-order valence-electron chi connectivity index (χ4n) is 2.58. The van der Waals surface area contributed by atoms with Gasteiger partial charge in [-0.1, -0.05) is 29.8 Å². The molecular weight excluding hydrogens is 335 g/mol. The van der Waals surface area contributed by atoms with Crippen LogP contribution in [0.1, 0.15) is 24.1 Å². The molecular formula is C19H19FN4O2. The van der Waals surface area contributed by atoms with E-state index in [0.29, 0.717) is 5.69 Å². The molecule has 0 fully saturated rings. The van der Waals surface area contributed by atoms with Gasteiger partial charge in [-0.25, -0.2) is 9.18 Å². The molecule has 0 saturated heterocycles. The van der Waals surface area contributed by atoms with Crippen molar-refractivity contribution in [3.8, 4) is 5.69 Å². The number of rotatable bonds is 5. The lowest BCUT2D eigenvalue weighted by molar-refractivity contribution is -0.122. The van der Waals surface area contributed by atoms with Gasteiger partial charge in [0.25, 0.3) is 0 Å². The van der Waals surface area contributed by atoms with Gasteiger partial charge in [-0.2, -0.15) is 9.78 Å². The van der Waals surface area contributed by atoms with Crippen LogP contribution < -0.4 is 11.0 Å². The lowest BCUT2D eigenvalue weighted by atomic mass is 10.1. The Balaban J connectivity index is 1.69. The summed E-state index contributed by atoms with van der Waals surface area (Å²) in [5.41, 5.74) is 2.10. The number of carbonyl (C=O) groups excluding carboxylic acids is 1. The molecule has 1 amide bonds. The third kappa shape index (κ3) is 3.88. The standard InChI is InChI=1S/C19H19FN4O2/c1-13-3-5-15(6-4-13)14(2)22-18(25)11-23-12-21-24(19(23)26)17-9-7-16(20)8-10-17/h3-10,12,14H,11H2,1-2H3,(H,22,25)/t14-/m0/s1. The number of aryl methyl sites for hydroxylation is 1. The molecule has 0 aliphatic carbocycles. The van der Waals surface area contributed by atoms with Gasteiger partial charge in [0.05, 0.1) is 11.7 Å². The summed E-state index contributed by atoms with van der Waals surface area (Å²) >= 11 is 0. The first kappa shape index (κ1) is 17.6. The highest BCUT2D eigenvalue weighted by Gasteiger charge is 2.13. The molecule has 26 heavy (non-hydrogen) atoms. The van der Waals surface area contributed by atoms with Crippen LogP contribution in [0.15, 0.2) is 59.7 Å². The summed E-state index contributed by atoms with van der Waals surface area (Å²) in [6.45, 7) is 3.74. The highest BCUT2D eigenvalue weighted by atomic mass is 19.1. The predicted octanol–water partition coefficient (Wildman–Crippen LogP) is 2.36. The first-order chi connectivity index (χ1) is 12.4. The molecule has 6 nitrogen and oxygen atoms in total. The van der Waals surface area contributed by atoms with E-state index in [4.69, 9.17) is 0 Å². The number of benzene rings is 2. The Hall–Kier alpha value is -3.22. The Morgan fingerprint density at radius 3 is 2.46 bits per heavy atom. The second-order valence-corrected chi connectivity index (χ2v) is 6.13. The predicted molar refractivity (Wildman–Crippen MR) is 95.5 cm³/mol. The van der Waals surface area contributed by atoms with Gasteiger partial charge in [0, 0.05) is 0 Å². The van der Waals surface area contributed by atoms with E-state index in [1.165, 1.54) is 35.2 Å². The van der Waals surface area contributed by atoms with E-state index in [1.807, 2.05) is 38.1 Å². The average Bonchev–Trinajstić information content (AvgIpc) is 2.97. The highest BCUT2D eigenvalue weighted by Crippen LogP contribution is 2.13. The molecule has 2 aromatic carbocycles. The van der Waals surface area contributed by atoms with Crippen LogP contribution >= 0.6 is 0 Å². The van der Waals surface area contributed by atoms with Crippen molar-refractivity contribution in [2.24, 2.45) is 0 Å². The fraction of sp³-hybridized carbons (Fsp3) is 0.211. The normalized spacial score (nSPS) is 12.0. The number of amides is 1. The molecule has 0 spiro atoms. The van der Waals surface area contributed by atoms with Crippen molar-refractivity contribution >= 4 is 5.91 Å². The summed E-state index contributed by atoms with van der Waals surface area (Å²) in [5.74, 6) is -0.690. The third-order valence-corrected chi connectivity index (χ3v) is 4.07. The second kappa shape index (κ2) is 7.35. The maximum atomic E-state index is 13.0. The fourth-order valence-corrected chi connectivity index (χ4v) is 2.58. The van der Waals surface area contributed by atoms with Gasteiger partial charge in [-0.05, 0) is 43.7 Å². The van der Waals surface area contributed by atoms with Gasteiger partial charge in [-0.3, -0.25) is 9.36 Å². The minimum absolute atomic E-state index is 0.143. The van der Waals surface area contributed by atoms with Gasteiger partial charge < -0.3 is 5.32 Å². The molecule has 1 N–H and O–H groups in total. The first-order valence-corrected chi connectivity index (χ1v) is 8.20. The lowest BCUT2D eigenvalue weighted by Crippen LogP contribution is -2.34. The lowest BCUT2D eigenvalue weighted by Gasteiger charge is -2.14. The Bertz CT molecular complexity index is 958. The van der Waals surface area contributed by atoms with E-state index in [0.717, 1.165) is 15.8 Å². The molecule has 3 rings (SSSR count). The van der Waals surface area contributed by atoms with Crippen LogP contribution in [0.4, 0.5) is 4.39 Å². The Labute approximate surface area is 149 Å². The molecule has 1 atom stereocenters. The van der Waals surface area contributed by atoms with Gasteiger partial charge in [-0.15, -0.1) is 0 Å². The number of nitrogens with one attached hydrogen (secondary N) is 1. The van der Waals surface area contributed by atoms with Gasteiger partial charge in [0.2, 0.25) is 5.91 Å². The van der Waals surface area contributed by atoms with Crippen LogP contribution in [-0.2, 0) is 11.3 Å². The number of halogens is 1. The van der Waals surface area contributed by atoms with E-state index >= 15 is 0 Å². The molecule has 1 aromatic heterocycles. The van der Waals surface area contributed by atoms with Crippen molar-refractivity contribution < 1.29 is 9.18 Å². The number of carbonyl (C=O) groups is 1. The van der Waals surface area contributed by atoms with Crippen LogP contribution in [-0.4, -0.2) is 20.3 Å². The molecule has 1 heterocycles. The minimum Gasteiger partial charge on any atom is -0.348 e. The summed E-state index contributed by atoms with van der Waals surface area (Å²) in [7, 11) is 0. The molecule has 7 heteroatoms. The largest absolute Gasteiger partial charge is 0.350 e. The molecule has 0 radical (unpaired) electrons. The topological polar surface area (TPSA) is 68.9 Å². The van der Waals surface area contributed by atoms with Crippen molar-refractivity contribution in [1.82, 2.24) is 19.7 Å². The highest BCUT2D eigenvalue weighted by molar-refractivity contribution is 5.76. The Kier molecular flexibility index (Phi) is 4.97. The van der Waals surface area contributed by atoms with E-state index < -0.39 is 11.5 Å². The molecule has 134 valence electrons. The van der Waals surface area contributed by atoms with Crippen LogP contribution in [0.25, 0.3) is 5.69 Å². The summed E-state index contributed by atoms with van der Waals surface area (Å²) in [5, 5.41) is 6.84. The van der Waals surface area contributed by atoms with E-state index in [2.05, 4.69) is 10.4 Å². The SMILES string of the molecule is Cc1ccc([C@H](C)NC(=O)Cn2cnn(-c3ccc(F)cc3)c2=O)cc1. The van der Waals surface area contributed by atoms with Crippen LogP contribution in [0.2, 0.25) is 0 Å².